The summed E-state index contributed by atoms with van der Waals surface area (Å²) in [5.41, 5.74) is 5.44. The van der Waals surface area contributed by atoms with Gasteiger partial charge < -0.3 is 15.8 Å². The van der Waals surface area contributed by atoms with Gasteiger partial charge in [-0.3, -0.25) is 9.59 Å². The van der Waals surface area contributed by atoms with Crippen molar-refractivity contribution >= 4 is 11.8 Å². The zero-order valence-electron chi connectivity index (χ0n) is 14.5. The van der Waals surface area contributed by atoms with E-state index in [1.807, 2.05) is 0 Å². The third-order valence-electron chi connectivity index (χ3n) is 3.90. The first-order valence-corrected chi connectivity index (χ1v) is 8.07. The van der Waals surface area contributed by atoms with Crippen LogP contribution < -0.4 is 15.8 Å². The smallest absolute Gasteiger partial charge is 0.416 e. The summed E-state index contributed by atoms with van der Waals surface area (Å²) < 4.78 is 43.3. The number of hydrogen-bond acceptors (Lipinski definition) is 3. The van der Waals surface area contributed by atoms with Crippen molar-refractivity contribution in [3.8, 4) is 5.75 Å². The van der Waals surface area contributed by atoms with Gasteiger partial charge in [-0.2, -0.15) is 13.2 Å². The molecule has 0 aliphatic heterocycles. The average molecular weight is 380 g/mol. The van der Waals surface area contributed by atoms with E-state index < -0.39 is 29.6 Å². The van der Waals surface area contributed by atoms with E-state index in [0.717, 1.165) is 17.7 Å². The molecule has 0 bridgehead atoms. The lowest BCUT2D eigenvalue weighted by Gasteiger charge is -2.16. The number of alkyl halides is 3. The normalized spacial score (nSPS) is 12.3. The van der Waals surface area contributed by atoms with Crippen LogP contribution in [0.1, 0.15) is 16.7 Å². The van der Waals surface area contributed by atoms with Gasteiger partial charge in [0.2, 0.25) is 11.8 Å². The molecule has 1 atom stereocenters. The third kappa shape index (κ3) is 6.02. The van der Waals surface area contributed by atoms with Crippen LogP contribution in [0.2, 0.25) is 0 Å². The largest absolute Gasteiger partial charge is 0.497 e. The molecule has 0 spiro atoms. The molecule has 2 amide bonds. The summed E-state index contributed by atoms with van der Waals surface area (Å²) in [6.07, 6.45) is -4.62. The van der Waals surface area contributed by atoms with Crippen molar-refractivity contribution in [2.24, 2.45) is 5.73 Å². The number of primary amides is 1. The average Bonchev–Trinajstić information content (AvgIpc) is 2.61. The van der Waals surface area contributed by atoms with Crippen molar-refractivity contribution in [2.45, 2.75) is 25.1 Å². The molecule has 0 saturated carbocycles. The van der Waals surface area contributed by atoms with E-state index in [9.17, 15) is 22.8 Å². The molecule has 2 rings (SSSR count). The Labute approximate surface area is 154 Å². The fourth-order valence-electron chi connectivity index (χ4n) is 2.51. The van der Waals surface area contributed by atoms with E-state index in [2.05, 4.69) is 5.32 Å². The van der Waals surface area contributed by atoms with Crippen molar-refractivity contribution < 1.29 is 27.5 Å². The maximum Gasteiger partial charge on any atom is 0.416 e. The van der Waals surface area contributed by atoms with Gasteiger partial charge in [-0.1, -0.05) is 30.3 Å². The Bertz CT molecular complexity index is 805. The standard InChI is InChI=1S/C19H19F3N2O3/c1-27-15-7-5-12(6-8-15)10-16(18(23)26)24-17(25)11-13-3-2-4-14(9-13)19(20,21)22/h2-9,16H,10-11H2,1H3,(H2,23,26)(H,24,25)/t16-/m0/s1. The summed E-state index contributed by atoms with van der Waals surface area (Å²) in [6.45, 7) is 0. The number of hydrogen-bond donors (Lipinski definition) is 2. The topological polar surface area (TPSA) is 81.4 Å². The van der Waals surface area contributed by atoms with E-state index in [1.54, 1.807) is 24.3 Å². The van der Waals surface area contributed by atoms with Crippen molar-refractivity contribution in [3.63, 3.8) is 0 Å². The molecule has 144 valence electrons. The van der Waals surface area contributed by atoms with Gasteiger partial charge in [0.25, 0.3) is 0 Å². The molecule has 3 N–H and O–H groups in total. The van der Waals surface area contributed by atoms with Crippen LogP contribution in [0, 0.1) is 0 Å². The van der Waals surface area contributed by atoms with Crippen LogP contribution in [0.4, 0.5) is 13.2 Å². The Morgan fingerprint density at radius 3 is 2.33 bits per heavy atom. The molecular formula is C19H19F3N2O3. The Balaban J connectivity index is 2.03. The predicted octanol–water partition coefficient (Wildman–Crippen LogP) is 2.47. The van der Waals surface area contributed by atoms with Gasteiger partial charge >= 0.3 is 6.18 Å². The van der Waals surface area contributed by atoms with E-state index in [4.69, 9.17) is 10.5 Å². The number of methoxy groups -OCH3 is 1. The van der Waals surface area contributed by atoms with Crippen LogP contribution in [0.15, 0.2) is 48.5 Å². The van der Waals surface area contributed by atoms with Crippen LogP contribution >= 0.6 is 0 Å². The van der Waals surface area contributed by atoms with Crippen molar-refractivity contribution in [3.05, 3.63) is 65.2 Å². The zero-order chi connectivity index (χ0) is 20.0. The number of rotatable bonds is 7. The molecule has 0 heterocycles. The van der Waals surface area contributed by atoms with Crippen LogP contribution in [0.3, 0.4) is 0 Å². The Hall–Kier alpha value is -3.03. The van der Waals surface area contributed by atoms with Gasteiger partial charge in [0.1, 0.15) is 11.8 Å². The first-order valence-electron chi connectivity index (χ1n) is 8.07. The first-order chi connectivity index (χ1) is 12.7. The molecule has 0 aromatic heterocycles. The second-order valence-corrected chi connectivity index (χ2v) is 5.95. The molecular weight excluding hydrogens is 361 g/mol. The van der Waals surface area contributed by atoms with Crippen LogP contribution in [0.25, 0.3) is 0 Å². The minimum absolute atomic E-state index is 0.160. The van der Waals surface area contributed by atoms with Crippen LogP contribution in [-0.4, -0.2) is 25.0 Å². The summed E-state index contributed by atoms with van der Waals surface area (Å²) >= 11 is 0. The number of nitrogens with one attached hydrogen (secondary N) is 1. The second-order valence-electron chi connectivity index (χ2n) is 5.95. The molecule has 5 nitrogen and oxygen atoms in total. The number of halogens is 3. The number of nitrogens with two attached hydrogens (primary N) is 1. The summed E-state index contributed by atoms with van der Waals surface area (Å²) in [5, 5.41) is 2.47. The quantitative estimate of drug-likeness (QED) is 0.774. The molecule has 0 saturated heterocycles. The van der Waals surface area contributed by atoms with Gasteiger partial charge in [-0.15, -0.1) is 0 Å². The van der Waals surface area contributed by atoms with Crippen molar-refractivity contribution in [2.75, 3.05) is 7.11 Å². The molecule has 0 aliphatic rings. The number of amides is 2. The summed E-state index contributed by atoms with van der Waals surface area (Å²) in [4.78, 5) is 23.8. The van der Waals surface area contributed by atoms with Gasteiger partial charge in [-0.25, -0.2) is 0 Å². The molecule has 0 fully saturated rings. The molecule has 2 aromatic rings. The van der Waals surface area contributed by atoms with Crippen molar-refractivity contribution in [1.82, 2.24) is 5.32 Å². The Kier molecular flexibility index (Phi) is 6.44. The molecule has 27 heavy (non-hydrogen) atoms. The molecule has 8 heteroatoms. The van der Waals surface area contributed by atoms with Crippen molar-refractivity contribution in [1.29, 1.82) is 0 Å². The van der Waals surface area contributed by atoms with Gasteiger partial charge in [0.05, 0.1) is 19.1 Å². The number of carbonyl (C=O) groups is 2. The Morgan fingerprint density at radius 1 is 1.11 bits per heavy atom. The zero-order valence-corrected chi connectivity index (χ0v) is 14.5. The van der Waals surface area contributed by atoms with E-state index >= 15 is 0 Å². The van der Waals surface area contributed by atoms with Gasteiger partial charge in [-0.05, 0) is 29.3 Å². The summed E-state index contributed by atoms with van der Waals surface area (Å²) in [6, 6.07) is 10.4. The minimum Gasteiger partial charge on any atom is -0.497 e. The highest BCUT2D eigenvalue weighted by atomic mass is 19.4. The third-order valence-corrected chi connectivity index (χ3v) is 3.90. The highest BCUT2D eigenvalue weighted by Crippen LogP contribution is 2.29. The Morgan fingerprint density at radius 2 is 1.78 bits per heavy atom. The van der Waals surface area contributed by atoms with E-state index in [1.165, 1.54) is 19.2 Å². The maximum atomic E-state index is 12.7. The first kappa shape index (κ1) is 20.3. The second kappa shape index (κ2) is 8.57. The number of benzene rings is 2. The number of ether oxygens (including phenoxy) is 1. The number of carbonyl (C=O) groups excluding carboxylic acids is 2. The SMILES string of the molecule is COc1ccc(C[C@H](NC(=O)Cc2cccc(C(F)(F)F)c2)C(N)=O)cc1. The van der Waals surface area contributed by atoms with Crippen LogP contribution in [-0.2, 0) is 28.6 Å². The van der Waals surface area contributed by atoms with Gasteiger partial charge in [0, 0.05) is 6.42 Å². The highest BCUT2D eigenvalue weighted by Gasteiger charge is 2.30. The van der Waals surface area contributed by atoms with E-state index in [0.29, 0.717) is 5.75 Å². The lowest BCUT2D eigenvalue weighted by molar-refractivity contribution is -0.137. The lowest BCUT2D eigenvalue weighted by atomic mass is 10.0. The predicted molar refractivity (Wildman–Crippen MR) is 93.0 cm³/mol. The summed E-state index contributed by atoms with van der Waals surface area (Å²) in [5.74, 6) is -0.683. The van der Waals surface area contributed by atoms with Gasteiger partial charge in [0.15, 0.2) is 0 Å². The van der Waals surface area contributed by atoms with Crippen LogP contribution in [0.5, 0.6) is 5.75 Å². The molecule has 0 unspecified atom stereocenters. The minimum atomic E-state index is -4.49. The fraction of sp³-hybridized carbons (Fsp3) is 0.263. The molecule has 2 aromatic carbocycles. The lowest BCUT2D eigenvalue weighted by Crippen LogP contribution is -2.46. The molecule has 0 radical (unpaired) electrons. The monoisotopic (exact) mass is 380 g/mol. The van der Waals surface area contributed by atoms with E-state index in [-0.39, 0.29) is 18.4 Å². The highest BCUT2D eigenvalue weighted by molar-refractivity contribution is 5.87. The molecule has 0 aliphatic carbocycles. The fourth-order valence-corrected chi connectivity index (χ4v) is 2.51. The summed E-state index contributed by atoms with van der Waals surface area (Å²) in [7, 11) is 1.52. The maximum absolute atomic E-state index is 12.7.